The van der Waals surface area contributed by atoms with Gasteiger partial charge in [0.15, 0.2) is 6.04 Å². The van der Waals surface area contributed by atoms with E-state index in [2.05, 4.69) is 36.9 Å². The number of nitrogens with two attached hydrogens (primary N) is 3. The van der Waals surface area contributed by atoms with E-state index in [9.17, 15) is 63.0 Å². The van der Waals surface area contributed by atoms with Gasteiger partial charge in [0, 0.05) is 59.5 Å². The minimum atomic E-state index is -2.30. The maximum absolute atomic E-state index is 14.5. The molecule has 11 atom stereocenters. The van der Waals surface area contributed by atoms with Crippen LogP contribution in [-0.4, -0.2) is 157 Å². The molecule has 25 heteroatoms. The van der Waals surface area contributed by atoms with E-state index < -0.39 is 163 Å². The maximum Gasteiger partial charge on any atom is 0.248 e. The largest absolute Gasteiger partial charge is 0.610 e. The van der Waals surface area contributed by atoms with E-state index in [0.29, 0.717) is 17.3 Å². The molecular weight excluding hydrogens is 875 g/mol. The van der Waals surface area contributed by atoms with Gasteiger partial charge in [-0.05, 0) is 18.1 Å². The van der Waals surface area contributed by atoms with Crippen molar-refractivity contribution < 1.29 is 63.0 Å². The third-order valence-corrected chi connectivity index (χ3v) is 12.9. The molecule has 2 aromatic rings. The van der Waals surface area contributed by atoms with Crippen LogP contribution in [0.2, 0.25) is 0 Å². The highest BCUT2D eigenvalue weighted by molar-refractivity contribution is 7.91. The lowest BCUT2D eigenvalue weighted by Gasteiger charge is -2.32. The molecule has 1 fully saturated rings. The number of amides is 9. The number of hydrogen-bond donors (Lipinski definition) is 13. The molecule has 4 rings (SSSR count). The van der Waals surface area contributed by atoms with Crippen LogP contribution < -0.4 is 49.1 Å². The van der Waals surface area contributed by atoms with E-state index >= 15 is 0 Å². The summed E-state index contributed by atoms with van der Waals surface area (Å²) >= 11 is -2.30. The quantitative estimate of drug-likeness (QED) is 0.0622. The molecule has 0 bridgehead atoms. The Morgan fingerprint density at radius 3 is 2.31 bits per heavy atom. The number of benzene rings is 1. The average Bonchev–Trinajstić information content (AvgIpc) is 3.83. The Morgan fingerprint density at radius 2 is 1.69 bits per heavy atom. The number of aliphatic hydroxyl groups excluding tert-OH is 3. The Morgan fingerprint density at radius 1 is 1.00 bits per heavy atom. The van der Waals surface area contributed by atoms with Crippen LogP contribution in [0.25, 0.3) is 10.9 Å². The lowest BCUT2D eigenvalue weighted by Crippen LogP contribution is -2.62. The van der Waals surface area contributed by atoms with Crippen molar-refractivity contribution in [2.45, 2.75) is 113 Å². The molecule has 1 saturated heterocycles. The van der Waals surface area contributed by atoms with Crippen LogP contribution in [0.5, 0.6) is 0 Å². The summed E-state index contributed by atoms with van der Waals surface area (Å²) in [5.41, 5.74) is 17.7. The zero-order chi connectivity index (χ0) is 48.4. The number of carbonyl (C=O) groups is 9. The number of primary amides is 2. The molecular formula is C40H59N11O13S. The Balaban J connectivity index is 1.90. The molecule has 1 aromatic heterocycles. The molecule has 0 saturated carbocycles. The van der Waals surface area contributed by atoms with Gasteiger partial charge in [-0.1, -0.05) is 40.2 Å². The molecule has 9 amide bonds. The van der Waals surface area contributed by atoms with Crippen LogP contribution in [0, 0.1) is 11.8 Å². The fourth-order valence-corrected chi connectivity index (χ4v) is 8.93. The first-order chi connectivity index (χ1) is 30.6. The Labute approximate surface area is 376 Å². The molecule has 2 aliphatic rings. The standard InChI is InChI=1S/C40H59N11O13S/c1-5-17(3)32(34(43)58)49-31(57)13-44-35(59)24-11-22-21-8-7-19(41)9-23(21)48-39(22)65(64)16-26(45-30(56)6-2)36(60)47-25(12-29(42)55)40(63)51-14-20(53)10-27(51)37(61)50-33(38(62)46-24)18(4)28(54)15-52/h7-9,17-18,20,24-28,32-33,48,52-54H,5-6,10-16,41H2,1-4H3,(H2,42,55)(H2,43,58)(H,44,59)(H,45,56)(H,46,62)(H,47,60)(H,49,57)(H,50,61)/t17-,18-,20+,24-,25-,26-,27-,28-,32-,33-,65?/m0/s1. The minimum absolute atomic E-state index is 0.106. The summed E-state index contributed by atoms with van der Waals surface area (Å²) in [5, 5.41) is 46.3. The number of aliphatic hydroxyl groups is 3. The van der Waals surface area contributed by atoms with E-state index in [-0.39, 0.29) is 28.6 Å². The number of rotatable bonds is 14. The van der Waals surface area contributed by atoms with Gasteiger partial charge in [0.1, 0.15) is 36.0 Å². The van der Waals surface area contributed by atoms with Crippen molar-refractivity contribution in [2.75, 3.05) is 31.2 Å². The fraction of sp³-hybridized carbons (Fsp3) is 0.575. The average molecular weight is 934 g/mol. The van der Waals surface area contributed by atoms with Gasteiger partial charge < -0.3 is 78.9 Å². The van der Waals surface area contributed by atoms with Gasteiger partial charge in [-0.2, -0.15) is 0 Å². The molecule has 1 aromatic carbocycles. The van der Waals surface area contributed by atoms with E-state index in [1.165, 1.54) is 32.0 Å². The summed E-state index contributed by atoms with van der Waals surface area (Å²) in [6, 6.07) is -5.02. The molecule has 16 N–H and O–H groups in total. The van der Waals surface area contributed by atoms with Crippen molar-refractivity contribution in [1.29, 1.82) is 0 Å². The predicted molar refractivity (Wildman–Crippen MR) is 231 cm³/mol. The third kappa shape index (κ3) is 13.1. The predicted octanol–water partition coefficient (Wildman–Crippen LogP) is -5.28. The molecule has 0 aliphatic carbocycles. The normalized spacial score (nSPS) is 25.2. The number of nitrogen functional groups attached to an aromatic ring is 1. The number of nitrogens with one attached hydrogen (secondary N) is 7. The smallest absolute Gasteiger partial charge is 0.248 e. The third-order valence-electron chi connectivity index (χ3n) is 11.5. The second-order valence-electron chi connectivity index (χ2n) is 16.3. The number of fused-ring (bicyclic) bond motifs is 4. The highest BCUT2D eigenvalue weighted by Gasteiger charge is 2.45. The van der Waals surface area contributed by atoms with Gasteiger partial charge in [-0.25, -0.2) is 0 Å². The minimum Gasteiger partial charge on any atom is -0.610 e. The van der Waals surface area contributed by atoms with Gasteiger partial charge in [0.2, 0.25) is 58.2 Å². The van der Waals surface area contributed by atoms with Crippen molar-refractivity contribution in [3.05, 3.63) is 23.8 Å². The van der Waals surface area contributed by atoms with Gasteiger partial charge in [-0.3, -0.25) is 43.2 Å². The molecule has 0 spiro atoms. The number of nitrogens with zero attached hydrogens (tertiary/aromatic N) is 1. The highest BCUT2D eigenvalue weighted by Crippen LogP contribution is 2.30. The Kier molecular flexibility index (Phi) is 18.1. The Bertz CT molecular complexity index is 2140. The van der Waals surface area contributed by atoms with E-state index in [4.69, 9.17) is 17.2 Å². The topological polar surface area (TPSA) is 407 Å². The summed E-state index contributed by atoms with van der Waals surface area (Å²) in [6.07, 6.45) is -4.36. The van der Waals surface area contributed by atoms with Crippen molar-refractivity contribution in [2.24, 2.45) is 23.3 Å². The zero-order valence-corrected chi connectivity index (χ0v) is 37.2. The van der Waals surface area contributed by atoms with E-state index in [1.807, 2.05) is 0 Å². The van der Waals surface area contributed by atoms with E-state index in [1.54, 1.807) is 13.8 Å². The first-order valence-corrected chi connectivity index (χ1v) is 22.3. The summed E-state index contributed by atoms with van der Waals surface area (Å²) < 4.78 is 14.5. The molecule has 24 nitrogen and oxygen atoms in total. The lowest BCUT2D eigenvalue weighted by atomic mass is 9.93. The van der Waals surface area contributed by atoms with Crippen LogP contribution in [-0.2, 0) is 60.7 Å². The Hall–Kier alpha value is -6.02. The number of anilines is 1. The van der Waals surface area contributed by atoms with Crippen LogP contribution in [0.15, 0.2) is 23.2 Å². The number of H-pyrrole nitrogens is 1. The second-order valence-corrected chi connectivity index (χ2v) is 17.7. The number of hydrogen-bond acceptors (Lipinski definition) is 14. The number of aromatic amines is 1. The molecule has 1 unspecified atom stereocenters. The van der Waals surface area contributed by atoms with Gasteiger partial charge in [0.25, 0.3) is 0 Å². The summed E-state index contributed by atoms with van der Waals surface area (Å²) in [5.74, 6) is -11.0. The van der Waals surface area contributed by atoms with Gasteiger partial charge in [-0.15, -0.1) is 0 Å². The summed E-state index contributed by atoms with van der Waals surface area (Å²) in [4.78, 5) is 125. The summed E-state index contributed by atoms with van der Waals surface area (Å²) in [6.45, 7) is 4.13. The van der Waals surface area contributed by atoms with E-state index in [0.717, 1.165) is 4.90 Å². The van der Waals surface area contributed by atoms with Crippen LogP contribution >= 0.6 is 0 Å². The number of aromatic nitrogens is 1. The highest BCUT2D eigenvalue weighted by atomic mass is 32.2. The molecule has 3 heterocycles. The first-order valence-electron chi connectivity index (χ1n) is 21.0. The summed E-state index contributed by atoms with van der Waals surface area (Å²) in [7, 11) is 0. The zero-order valence-electron chi connectivity index (χ0n) is 36.4. The van der Waals surface area contributed by atoms with Crippen LogP contribution in [0.4, 0.5) is 5.69 Å². The molecule has 2 aliphatic heterocycles. The van der Waals surface area contributed by atoms with Crippen molar-refractivity contribution in [3.8, 4) is 0 Å². The van der Waals surface area contributed by atoms with Crippen LogP contribution in [0.1, 0.15) is 58.9 Å². The fourth-order valence-electron chi connectivity index (χ4n) is 7.53. The first kappa shape index (κ1) is 51.6. The second kappa shape index (κ2) is 22.7. The lowest BCUT2D eigenvalue weighted by molar-refractivity contribution is -0.144. The molecule has 358 valence electrons. The van der Waals surface area contributed by atoms with Gasteiger partial charge in [0.05, 0.1) is 37.3 Å². The van der Waals surface area contributed by atoms with Gasteiger partial charge >= 0.3 is 0 Å². The van der Waals surface area contributed by atoms with Crippen molar-refractivity contribution in [1.82, 2.24) is 41.8 Å². The molecule has 0 radical (unpaired) electrons. The maximum atomic E-state index is 14.5. The number of carbonyl (C=O) groups excluding carboxylic acids is 9. The SMILES string of the molecule is CCC(=O)N[C@H]1C[S+]([O-])c2[nH]c3cc(N)ccc3c2C[C@@H](C(=O)NCC(=O)N[C@H](C(N)=O)[C@@H](C)CC)NC(=O)[C@H]([C@@H](C)[C@@H](O)CO)NC(=O)[C@@H]2C[C@@H](O)CN2C(=O)[C@H](CC(N)=O)NC1=O. The van der Waals surface area contributed by atoms with Crippen molar-refractivity contribution >= 4 is 80.9 Å². The molecule has 65 heavy (non-hydrogen) atoms. The van der Waals surface area contributed by atoms with Crippen LogP contribution in [0.3, 0.4) is 0 Å². The monoisotopic (exact) mass is 933 g/mol. The van der Waals surface area contributed by atoms with Crippen molar-refractivity contribution in [3.63, 3.8) is 0 Å².